The molecule has 4 aromatic rings. The third kappa shape index (κ3) is 6.52. The van der Waals surface area contributed by atoms with Crippen molar-refractivity contribution in [1.29, 1.82) is 0 Å². The van der Waals surface area contributed by atoms with E-state index in [9.17, 15) is 13.2 Å². The van der Waals surface area contributed by atoms with Crippen molar-refractivity contribution in [3.05, 3.63) is 79.1 Å². The molecule has 35 heavy (non-hydrogen) atoms. The van der Waals surface area contributed by atoms with Gasteiger partial charge in [0.25, 0.3) is 0 Å². The fourth-order valence-electron chi connectivity index (χ4n) is 3.39. The fourth-order valence-corrected chi connectivity index (χ4v) is 3.90. The number of benzene rings is 2. The normalized spacial score (nSPS) is 11.3. The Hall–Kier alpha value is -4.02. The lowest BCUT2D eigenvalue weighted by Crippen LogP contribution is -2.21. The van der Waals surface area contributed by atoms with E-state index in [2.05, 4.69) is 32.2 Å². The maximum absolute atomic E-state index is 11.5. The second-order valence-corrected chi connectivity index (χ2v) is 10.2. The first-order chi connectivity index (χ1) is 16.8. The SMILES string of the molecule is C=CC(=O)Nc1cccc(Oc2cnc3[nH]cc(-c4ccc(CNCCS(C)(=O)=O)cc4)c3n2)c1. The van der Waals surface area contributed by atoms with Gasteiger partial charge in [0.05, 0.1) is 11.9 Å². The summed E-state index contributed by atoms with van der Waals surface area (Å²) in [7, 11) is -2.98. The third-order valence-electron chi connectivity index (χ3n) is 5.11. The van der Waals surface area contributed by atoms with Gasteiger partial charge < -0.3 is 20.4 Å². The van der Waals surface area contributed by atoms with Gasteiger partial charge in [0.1, 0.15) is 21.1 Å². The van der Waals surface area contributed by atoms with Crippen molar-refractivity contribution >= 4 is 32.6 Å². The molecule has 1 amide bonds. The molecule has 10 heteroatoms. The van der Waals surface area contributed by atoms with Crippen LogP contribution in [-0.4, -0.2) is 47.8 Å². The molecule has 0 aliphatic heterocycles. The van der Waals surface area contributed by atoms with Gasteiger partial charge >= 0.3 is 0 Å². The first-order valence-electron chi connectivity index (χ1n) is 10.8. The molecule has 0 saturated heterocycles. The van der Waals surface area contributed by atoms with Gasteiger partial charge in [-0.2, -0.15) is 0 Å². The highest BCUT2D eigenvalue weighted by atomic mass is 32.2. The van der Waals surface area contributed by atoms with E-state index >= 15 is 0 Å². The number of fused-ring (bicyclic) bond motifs is 1. The Balaban J connectivity index is 1.48. The molecule has 0 radical (unpaired) electrons. The molecule has 0 spiro atoms. The van der Waals surface area contributed by atoms with Crippen LogP contribution in [0.15, 0.2) is 73.6 Å². The van der Waals surface area contributed by atoms with Crippen LogP contribution in [0.4, 0.5) is 5.69 Å². The smallest absolute Gasteiger partial charge is 0.247 e. The van der Waals surface area contributed by atoms with Crippen molar-refractivity contribution in [2.45, 2.75) is 6.54 Å². The molecule has 2 aromatic heterocycles. The predicted molar refractivity (Wildman–Crippen MR) is 136 cm³/mol. The van der Waals surface area contributed by atoms with E-state index in [-0.39, 0.29) is 11.7 Å². The van der Waals surface area contributed by atoms with Crippen LogP contribution in [-0.2, 0) is 21.2 Å². The molecule has 0 aliphatic carbocycles. The lowest BCUT2D eigenvalue weighted by atomic mass is 10.1. The highest BCUT2D eigenvalue weighted by Gasteiger charge is 2.11. The van der Waals surface area contributed by atoms with Crippen LogP contribution in [0.1, 0.15) is 5.56 Å². The number of carbonyl (C=O) groups excluding carboxylic acids is 1. The molecule has 0 atom stereocenters. The van der Waals surface area contributed by atoms with Gasteiger partial charge in [-0.15, -0.1) is 0 Å². The molecule has 2 heterocycles. The van der Waals surface area contributed by atoms with Gasteiger partial charge in [0.15, 0.2) is 5.65 Å². The Morgan fingerprint density at radius 2 is 2.00 bits per heavy atom. The quantitative estimate of drug-likeness (QED) is 0.228. The van der Waals surface area contributed by atoms with Crippen molar-refractivity contribution in [1.82, 2.24) is 20.3 Å². The molecule has 3 N–H and O–H groups in total. The predicted octanol–water partition coefficient (Wildman–Crippen LogP) is 3.68. The molecule has 0 fully saturated rings. The first-order valence-corrected chi connectivity index (χ1v) is 12.9. The van der Waals surface area contributed by atoms with Gasteiger partial charge in [-0.1, -0.05) is 36.9 Å². The van der Waals surface area contributed by atoms with Crippen molar-refractivity contribution in [2.75, 3.05) is 23.9 Å². The number of nitrogens with zero attached hydrogens (tertiary/aromatic N) is 2. The summed E-state index contributed by atoms with van der Waals surface area (Å²) >= 11 is 0. The van der Waals surface area contributed by atoms with Crippen molar-refractivity contribution in [3.8, 4) is 22.8 Å². The molecule has 0 unspecified atom stereocenters. The number of aromatic amines is 1. The Labute approximate surface area is 203 Å². The first kappa shape index (κ1) is 24.1. The monoisotopic (exact) mass is 491 g/mol. The Morgan fingerprint density at radius 1 is 1.20 bits per heavy atom. The zero-order valence-electron chi connectivity index (χ0n) is 19.1. The summed E-state index contributed by atoms with van der Waals surface area (Å²) in [5, 5.41) is 5.83. The van der Waals surface area contributed by atoms with Gasteiger partial charge in [-0.05, 0) is 29.3 Å². The number of aromatic nitrogens is 3. The lowest BCUT2D eigenvalue weighted by Gasteiger charge is -2.08. The Kier molecular flexibility index (Phi) is 7.23. The summed E-state index contributed by atoms with van der Waals surface area (Å²) in [6.07, 6.45) is 5.80. The largest absolute Gasteiger partial charge is 0.437 e. The summed E-state index contributed by atoms with van der Waals surface area (Å²) in [6.45, 7) is 4.43. The van der Waals surface area contributed by atoms with Gasteiger partial charge in [0.2, 0.25) is 11.8 Å². The minimum absolute atomic E-state index is 0.108. The van der Waals surface area contributed by atoms with Crippen molar-refractivity contribution < 1.29 is 17.9 Å². The second kappa shape index (κ2) is 10.5. The standard InChI is InChI=1S/C25H25N5O4S/c1-3-22(31)29-19-5-4-6-20(13-19)34-23-16-28-25-24(30-23)21(15-27-25)18-9-7-17(8-10-18)14-26-11-12-35(2,32)33/h3-10,13,15-16,26H,1,11-12,14H2,2H3,(H,27,28)(H,29,31). The van der Waals surface area contributed by atoms with Crippen molar-refractivity contribution in [2.24, 2.45) is 0 Å². The van der Waals surface area contributed by atoms with E-state index in [4.69, 9.17) is 4.74 Å². The minimum atomic E-state index is -2.98. The number of rotatable bonds is 10. The maximum Gasteiger partial charge on any atom is 0.247 e. The molecule has 180 valence electrons. The maximum atomic E-state index is 11.5. The molecule has 0 bridgehead atoms. The molecule has 0 aliphatic rings. The van der Waals surface area contributed by atoms with Crippen LogP contribution in [0.3, 0.4) is 0 Å². The molecular weight excluding hydrogens is 466 g/mol. The zero-order chi connectivity index (χ0) is 24.8. The summed E-state index contributed by atoms with van der Waals surface area (Å²) < 4.78 is 28.4. The number of amides is 1. The van der Waals surface area contributed by atoms with Crippen molar-refractivity contribution in [3.63, 3.8) is 0 Å². The molecule has 0 saturated carbocycles. The average Bonchev–Trinajstić information content (AvgIpc) is 3.25. The fraction of sp³-hybridized carbons (Fsp3) is 0.160. The Morgan fingerprint density at radius 3 is 2.74 bits per heavy atom. The molecule has 9 nitrogen and oxygen atoms in total. The van der Waals surface area contributed by atoms with Crippen LogP contribution in [0.25, 0.3) is 22.3 Å². The number of sulfone groups is 1. The molecular formula is C25H25N5O4S. The van der Waals surface area contributed by atoms with E-state index in [0.29, 0.717) is 41.6 Å². The zero-order valence-corrected chi connectivity index (χ0v) is 19.9. The second-order valence-electron chi connectivity index (χ2n) is 7.93. The minimum Gasteiger partial charge on any atom is -0.437 e. The highest BCUT2D eigenvalue weighted by molar-refractivity contribution is 7.90. The average molecular weight is 492 g/mol. The number of hydrogen-bond acceptors (Lipinski definition) is 7. The number of anilines is 1. The molecule has 4 rings (SSSR count). The van der Waals surface area contributed by atoms with Crippen LogP contribution >= 0.6 is 0 Å². The van der Waals surface area contributed by atoms with E-state index in [0.717, 1.165) is 16.7 Å². The van der Waals surface area contributed by atoms with Gasteiger partial charge in [-0.3, -0.25) is 4.79 Å². The summed E-state index contributed by atoms with van der Waals surface area (Å²) in [6, 6.07) is 14.9. The van der Waals surface area contributed by atoms with Crippen LogP contribution < -0.4 is 15.4 Å². The Bertz CT molecular complexity index is 1460. The number of carbonyl (C=O) groups is 1. The number of H-pyrrole nitrogens is 1. The van der Waals surface area contributed by atoms with Crippen LogP contribution in [0.2, 0.25) is 0 Å². The lowest BCUT2D eigenvalue weighted by molar-refractivity contribution is -0.111. The number of nitrogens with one attached hydrogen (secondary N) is 3. The topological polar surface area (TPSA) is 126 Å². The highest BCUT2D eigenvalue weighted by Crippen LogP contribution is 2.29. The third-order valence-corrected chi connectivity index (χ3v) is 6.06. The van der Waals surface area contributed by atoms with Gasteiger partial charge in [0, 0.05) is 42.9 Å². The number of hydrogen-bond donors (Lipinski definition) is 3. The van der Waals surface area contributed by atoms with E-state index < -0.39 is 9.84 Å². The van der Waals surface area contributed by atoms with Crippen LogP contribution in [0.5, 0.6) is 11.6 Å². The summed E-state index contributed by atoms with van der Waals surface area (Å²) in [5.41, 5.74) is 4.75. The van der Waals surface area contributed by atoms with E-state index in [1.165, 1.54) is 18.5 Å². The number of ether oxygens (including phenoxy) is 1. The summed E-state index contributed by atoms with van der Waals surface area (Å²) in [4.78, 5) is 23.7. The van der Waals surface area contributed by atoms with E-state index in [1.54, 1.807) is 24.3 Å². The van der Waals surface area contributed by atoms with Gasteiger partial charge in [-0.25, -0.2) is 18.4 Å². The molecule has 2 aromatic carbocycles. The summed E-state index contributed by atoms with van der Waals surface area (Å²) in [5.74, 6) is 0.621. The van der Waals surface area contributed by atoms with E-state index in [1.807, 2.05) is 30.5 Å². The van der Waals surface area contributed by atoms with Crippen LogP contribution in [0, 0.1) is 0 Å².